The lowest BCUT2D eigenvalue weighted by molar-refractivity contribution is -0.0120. The first-order valence-corrected chi connectivity index (χ1v) is 12.1. The van der Waals surface area contributed by atoms with Crippen molar-refractivity contribution < 1.29 is 9.84 Å². The third-order valence-electron chi connectivity index (χ3n) is 7.02. The van der Waals surface area contributed by atoms with Gasteiger partial charge in [-0.3, -0.25) is 14.8 Å². The van der Waals surface area contributed by atoms with Crippen LogP contribution < -0.4 is 4.74 Å². The molecule has 1 saturated heterocycles. The fourth-order valence-corrected chi connectivity index (χ4v) is 6.35. The largest absolute Gasteiger partial charge is 0.497 e. The number of aliphatic hydroxyl groups is 1. The first kappa shape index (κ1) is 20.8. The van der Waals surface area contributed by atoms with Gasteiger partial charge in [0.15, 0.2) is 0 Å². The minimum Gasteiger partial charge on any atom is -0.497 e. The van der Waals surface area contributed by atoms with Crippen LogP contribution in [0.3, 0.4) is 0 Å². The summed E-state index contributed by atoms with van der Waals surface area (Å²) in [6.07, 6.45) is 5.62. The van der Waals surface area contributed by atoms with Gasteiger partial charge in [0.2, 0.25) is 0 Å². The van der Waals surface area contributed by atoms with Crippen molar-refractivity contribution in [2.45, 2.75) is 24.5 Å². The van der Waals surface area contributed by atoms with E-state index >= 15 is 0 Å². The molecule has 3 aromatic heterocycles. The number of pyridine rings is 1. The van der Waals surface area contributed by atoms with Crippen LogP contribution in [0.5, 0.6) is 5.75 Å². The Labute approximate surface area is 196 Å². The predicted octanol–water partition coefficient (Wildman–Crippen LogP) is 3.33. The highest BCUT2D eigenvalue weighted by atomic mass is 32.1. The zero-order chi connectivity index (χ0) is 22.4. The molecular weight excluding hydrogens is 434 g/mol. The van der Waals surface area contributed by atoms with E-state index in [-0.39, 0.29) is 18.1 Å². The fraction of sp³-hybridized carbons (Fsp3) is 0.360. The number of likely N-dealkylation sites (tertiary alicyclic amines) is 1. The van der Waals surface area contributed by atoms with Crippen LogP contribution in [0.25, 0.3) is 10.9 Å². The summed E-state index contributed by atoms with van der Waals surface area (Å²) in [6.45, 7) is 4.55. The molecule has 0 unspecified atom stereocenters. The summed E-state index contributed by atoms with van der Waals surface area (Å²) < 4.78 is 5.47. The van der Waals surface area contributed by atoms with Crippen LogP contribution >= 0.6 is 11.3 Å². The number of ether oxygens (including phenoxy) is 1. The molecule has 1 aromatic carbocycles. The Bertz CT molecular complexity index is 1250. The Balaban J connectivity index is 1.39. The minimum atomic E-state index is -0.0831. The third-order valence-corrected chi connectivity index (χ3v) is 7.79. The topological polar surface area (TPSA) is 77.5 Å². The number of aromatic amines is 1. The van der Waals surface area contributed by atoms with Gasteiger partial charge < -0.3 is 14.8 Å². The van der Waals surface area contributed by atoms with Crippen LogP contribution in [-0.4, -0.2) is 63.2 Å². The molecule has 0 bridgehead atoms. The standard InChI is InChI=1S/C25H27N5O2S/c1-32-18-4-5-19-20(9-18)28-24-21(13-31)30(12-22-27-7-8-33-22)16-25(23(19)24)14-29(15-25)11-17-3-2-6-26-10-17/h2-10,21,28,31H,11-16H2,1H3/t21-/m1/s1. The van der Waals surface area contributed by atoms with E-state index < -0.39 is 0 Å². The second-order valence-electron chi connectivity index (χ2n) is 9.14. The maximum atomic E-state index is 10.4. The maximum Gasteiger partial charge on any atom is 0.120 e. The van der Waals surface area contributed by atoms with Gasteiger partial charge >= 0.3 is 0 Å². The van der Waals surface area contributed by atoms with Crippen LogP contribution in [0.4, 0.5) is 0 Å². The number of thiazole rings is 1. The zero-order valence-electron chi connectivity index (χ0n) is 18.6. The van der Waals surface area contributed by atoms with Gasteiger partial charge in [-0.15, -0.1) is 11.3 Å². The molecule has 170 valence electrons. The summed E-state index contributed by atoms with van der Waals surface area (Å²) in [5, 5.41) is 14.8. The smallest absolute Gasteiger partial charge is 0.120 e. The first-order valence-electron chi connectivity index (χ1n) is 11.2. The molecule has 4 aromatic rings. The summed E-state index contributed by atoms with van der Waals surface area (Å²) in [4.78, 5) is 17.3. The van der Waals surface area contributed by atoms with Crippen molar-refractivity contribution in [3.8, 4) is 5.75 Å². The Morgan fingerprint density at radius 1 is 1.21 bits per heavy atom. The van der Waals surface area contributed by atoms with Crippen molar-refractivity contribution >= 4 is 22.2 Å². The molecule has 1 spiro atoms. The number of aromatic nitrogens is 3. The summed E-state index contributed by atoms with van der Waals surface area (Å²) >= 11 is 1.67. The highest BCUT2D eigenvalue weighted by Crippen LogP contribution is 2.49. The lowest BCUT2D eigenvalue weighted by atomic mass is 9.68. The molecule has 0 aliphatic carbocycles. The molecular formula is C25H27N5O2S. The molecule has 33 heavy (non-hydrogen) atoms. The van der Waals surface area contributed by atoms with Gasteiger partial charge in [0.1, 0.15) is 10.8 Å². The van der Waals surface area contributed by atoms with E-state index in [9.17, 15) is 5.11 Å². The molecule has 0 amide bonds. The van der Waals surface area contributed by atoms with E-state index in [1.54, 1.807) is 18.4 Å². The molecule has 0 saturated carbocycles. The second-order valence-corrected chi connectivity index (χ2v) is 10.1. The lowest BCUT2D eigenvalue weighted by Gasteiger charge is -2.56. The number of rotatable bonds is 6. The highest BCUT2D eigenvalue weighted by Gasteiger charge is 2.52. The molecule has 6 rings (SSSR count). The number of fused-ring (bicyclic) bond motifs is 4. The van der Waals surface area contributed by atoms with Crippen molar-refractivity contribution in [3.63, 3.8) is 0 Å². The molecule has 1 atom stereocenters. The van der Waals surface area contributed by atoms with E-state index in [0.29, 0.717) is 0 Å². The summed E-state index contributed by atoms with van der Waals surface area (Å²) in [5.41, 5.74) is 4.80. The monoisotopic (exact) mass is 461 g/mol. The minimum absolute atomic E-state index is 0.00725. The number of nitrogens with one attached hydrogen (secondary N) is 1. The van der Waals surface area contributed by atoms with Gasteiger partial charge in [-0.2, -0.15) is 0 Å². The van der Waals surface area contributed by atoms with Gasteiger partial charge in [0.25, 0.3) is 0 Å². The summed E-state index contributed by atoms with van der Waals surface area (Å²) in [7, 11) is 1.69. The number of H-pyrrole nitrogens is 1. The summed E-state index contributed by atoms with van der Waals surface area (Å²) in [6, 6.07) is 10.3. The number of benzene rings is 1. The molecule has 0 radical (unpaired) electrons. The number of methoxy groups -OCH3 is 1. The Morgan fingerprint density at radius 2 is 2.12 bits per heavy atom. The number of nitrogens with zero attached hydrogens (tertiary/aromatic N) is 4. The van der Waals surface area contributed by atoms with Crippen LogP contribution in [0.1, 0.15) is 27.9 Å². The SMILES string of the molecule is COc1ccc2c3c([nH]c2c1)[C@@H](CO)N(Cc1nccs1)CC31CN(Cc2cccnc2)C1. The molecule has 2 N–H and O–H groups in total. The second kappa shape index (κ2) is 8.22. The van der Waals surface area contributed by atoms with Crippen LogP contribution in [0.2, 0.25) is 0 Å². The molecule has 8 heteroatoms. The molecule has 5 heterocycles. The van der Waals surface area contributed by atoms with E-state index in [4.69, 9.17) is 4.74 Å². The molecule has 1 fully saturated rings. The quantitative estimate of drug-likeness (QED) is 0.459. The Kier molecular flexibility index (Phi) is 5.18. The van der Waals surface area contributed by atoms with Gasteiger partial charge in [-0.1, -0.05) is 6.07 Å². The van der Waals surface area contributed by atoms with Gasteiger partial charge in [-0.25, -0.2) is 4.98 Å². The van der Waals surface area contributed by atoms with Crippen molar-refractivity contribution in [1.29, 1.82) is 0 Å². The van der Waals surface area contributed by atoms with Crippen LogP contribution in [-0.2, 0) is 18.5 Å². The Morgan fingerprint density at radius 3 is 2.85 bits per heavy atom. The first-order chi connectivity index (χ1) is 16.2. The average Bonchev–Trinajstić information content (AvgIpc) is 3.46. The third kappa shape index (κ3) is 3.54. The van der Waals surface area contributed by atoms with Gasteiger partial charge in [0.05, 0.1) is 26.3 Å². The number of hydrogen-bond acceptors (Lipinski definition) is 7. The van der Waals surface area contributed by atoms with Gasteiger partial charge in [-0.05, 0) is 29.3 Å². The number of hydrogen-bond donors (Lipinski definition) is 2. The molecule has 7 nitrogen and oxygen atoms in total. The van der Waals surface area contributed by atoms with Crippen molar-refractivity contribution in [2.24, 2.45) is 0 Å². The molecule has 2 aliphatic rings. The van der Waals surface area contributed by atoms with Gasteiger partial charge in [0, 0.05) is 78.2 Å². The van der Waals surface area contributed by atoms with E-state index in [2.05, 4.69) is 43.0 Å². The van der Waals surface area contributed by atoms with E-state index in [1.807, 2.05) is 36.1 Å². The van der Waals surface area contributed by atoms with Crippen LogP contribution in [0.15, 0.2) is 54.3 Å². The Hall–Kier alpha value is -2.78. The van der Waals surface area contributed by atoms with Crippen molar-refractivity contribution in [1.82, 2.24) is 24.8 Å². The van der Waals surface area contributed by atoms with E-state index in [1.165, 1.54) is 16.5 Å². The number of aliphatic hydroxyl groups excluding tert-OH is 1. The zero-order valence-corrected chi connectivity index (χ0v) is 19.4. The maximum absolute atomic E-state index is 10.4. The highest BCUT2D eigenvalue weighted by molar-refractivity contribution is 7.09. The van der Waals surface area contributed by atoms with Crippen LogP contribution in [0, 0.1) is 0 Å². The van der Waals surface area contributed by atoms with Crippen molar-refractivity contribution in [3.05, 3.63) is 76.1 Å². The van der Waals surface area contributed by atoms with Crippen molar-refractivity contribution in [2.75, 3.05) is 33.4 Å². The lowest BCUT2D eigenvalue weighted by Crippen LogP contribution is -2.65. The fourth-order valence-electron chi connectivity index (χ4n) is 5.71. The predicted molar refractivity (Wildman–Crippen MR) is 128 cm³/mol. The molecule has 2 aliphatic heterocycles. The van der Waals surface area contributed by atoms with E-state index in [0.717, 1.165) is 54.7 Å². The summed E-state index contributed by atoms with van der Waals surface area (Å²) in [5.74, 6) is 0.835. The average molecular weight is 462 g/mol. The normalized spacial score (nSPS) is 20.1.